The Morgan fingerprint density at radius 3 is 2.82 bits per heavy atom. The highest BCUT2D eigenvalue weighted by Gasteiger charge is 2.26. The number of amides is 1. The van der Waals surface area contributed by atoms with Crippen LogP contribution in [0.5, 0.6) is 0 Å². The predicted molar refractivity (Wildman–Crippen MR) is 105 cm³/mol. The van der Waals surface area contributed by atoms with Gasteiger partial charge in [-0.2, -0.15) is 5.10 Å². The zero-order chi connectivity index (χ0) is 19.7. The van der Waals surface area contributed by atoms with Gasteiger partial charge in [0.1, 0.15) is 0 Å². The van der Waals surface area contributed by atoms with Crippen LogP contribution >= 0.6 is 0 Å². The molecule has 2 aromatic heterocycles. The molecule has 0 saturated heterocycles. The summed E-state index contributed by atoms with van der Waals surface area (Å²) >= 11 is 0. The number of hydrogen-bond acceptors (Lipinski definition) is 5. The molecule has 8 nitrogen and oxygen atoms in total. The number of benzene rings is 1. The van der Waals surface area contributed by atoms with Crippen LogP contribution in [-0.4, -0.2) is 41.9 Å². The number of rotatable bonds is 5. The van der Waals surface area contributed by atoms with Crippen LogP contribution in [-0.2, 0) is 23.0 Å². The smallest absolute Gasteiger partial charge is 0.251 e. The molecular formula is C19H19N5O3S. The van der Waals surface area contributed by atoms with Gasteiger partial charge in [0.25, 0.3) is 5.91 Å². The van der Waals surface area contributed by atoms with Crippen LogP contribution < -0.4 is 9.62 Å². The lowest BCUT2D eigenvalue weighted by Crippen LogP contribution is -2.27. The fraction of sp³-hybridized carbons (Fsp3) is 0.211. The molecule has 0 saturated carbocycles. The topological polar surface area (TPSA) is 97.2 Å². The van der Waals surface area contributed by atoms with Gasteiger partial charge < -0.3 is 5.32 Å². The molecule has 28 heavy (non-hydrogen) atoms. The van der Waals surface area contributed by atoms with Crippen molar-refractivity contribution in [2.75, 3.05) is 17.1 Å². The molecule has 0 unspecified atom stereocenters. The number of fused-ring (bicyclic) bond motifs is 1. The minimum Gasteiger partial charge on any atom is -0.348 e. The Bertz CT molecular complexity index is 1130. The lowest BCUT2D eigenvalue weighted by Gasteiger charge is -2.16. The van der Waals surface area contributed by atoms with Gasteiger partial charge >= 0.3 is 0 Å². The van der Waals surface area contributed by atoms with Crippen molar-refractivity contribution in [1.29, 1.82) is 0 Å². The average molecular weight is 397 g/mol. The van der Waals surface area contributed by atoms with Crippen LogP contribution in [0.25, 0.3) is 5.82 Å². The molecule has 1 aliphatic rings. The summed E-state index contributed by atoms with van der Waals surface area (Å²) in [6.45, 7) is 0.705. The third-order valence-electron chi connectivity index (χ3n) is 4.62. The second-order valence-corrected chi connectivity index (χ2v) is 8.45. The molecule has 1 aromatic carbocycles. The second-order valence-electron chi connectivity index (χ2n) is 6.55. The summed E-state index contributed by atoms with van der Waals surface area (Å²) in [4.78, 5) is 16.9. The maximum absolute atomic E-state index is 12.6. The number of aromatic nitrogens is 3. The molecule has 0 aliphatic carbocycles. The van der Waals surface area contributed by atoms with E-state index in [0.717, 1.165) is 11.1 Å². The van der Waals surface area contributed by atoms with Crippen LogP contribution in [0.4, 0.5) is 5.69 Å². The number of pyridine rings is 1. The van der Waals surface area contributed by atoms with Crippen molar-refractivity contribution in [3.63, 3.8) is 0 Å². The molecule has 0 spiro atoms. The summed E-state index contributed by atoms with van der Waals surface area (Å²) in [5.41, 5.74) is 2.84. The van der Waals surface area contributed by atoms with Crippen LogP contribution in [0.2, 0.25) is 0 Å². The van der Waals surface area contributed by atoms with Gasteiger partial charge in [-0.1, -0.05) is 6.07 Å². The lowest BCUT2D eigenvalue weighted by molar-refractivity contribution is 0.0951. The highest BCUT2D eigenvalue weighted by molar-refractivity contribution is 7.92. The molecule has 0 fully saturated rings. The minimum absolute atomic E-state index is 0.226. The normalized spacial score (nSPS) is 13.4. The predicted octanol–water partition coefficient (Wildman–Crippen LogP) is 1.52. The first-order valence-electron chi connectivity index (χ1n) is 8.76. The summed E-state index contributed by atoms with van der Waals surface area (Å²) in [7, 11) is -3.30. The van der Waals surface area contributed by atoms with Crippen molar-refractivity contribution < 1.29 is 13.2 Å². The van der Waals surface area contributed by atoms with Crippen LogP contribution in [0.15, 0.2) is 55.0 Å². The Kier molecular flexibility index (Phi) is 4.60. The molecular weight excluding hydrogens is 378 g/mol. The zero-order valence-corrected chi connectivity index (χ0v) is 16.1. The van der Waals surface area contributed by atoms with Gasteiger partial charge in [-0.25, -0.2) is 18.1 Å². The summed E-state index contributed by atoms with van der Waals surface area (Å²) in [5, 5.41) is 7.08. The van der Waals surface area contributed by atoms with Crippen molar-refractivity contribution >= 4 is 21.6 Å². The standard InChI is InChI=1S/C19H19N5O3S/c1-28(26,27)24-11-7-14-12-15(5-6-17(14)24)19(25)21-13-16-4-2-8-20-18(16)23-10-3-9-22-23/h2-6,8-10,12H,7,11,13H2,1H3,(H,21,25). The number of nitrogens with zero attached hydrogens (tertiary/aromatic N) is 4. The van der Waals surface area contributed by atoms with E-state index in [4.69, 9.17) is 0 Å². The molecule has 1 aliphatic heterocycles. The van der Waals surface area contributed by atoms with Gasteiger partial charge in [-0.15, -0.1) is 0 Å². The Morgan fingerprint density at radius 1 is 1.21 bits per heavy atom. The summed E-state index contributed by atoms with van der Waals surface area (Å²) in [5.74, 6) is 0.432. The van der Waals surface area contributed by atoms with E-state index in [1.165, 1.54) is 10.6 Å². The van der Waals surface area contributed by atoms with Gasteiger partial charge in [0, 0.05) is 42.8 Å². The number of nitrogens with one attached hydrogen (secondary N) is 1. The van der Waals surface area contributed by atoms with E-state index >= 15 is 0 Å². The fourth-order valence-corrected chi connectivity index (χ4v) is 4.26. The van der Waals surface area contributed by atoms with Gasteiger partial charge in [0.05, 0.1) is 11.9 Å². The fourth-order valence-electron chi connectivity index (χ4n) is 3.30. The third kappa shape index (κ3) is 3.48. The van der Waals surface area contributed by atoms with Crippen molar-refractivity contribution in [3.8, 4) is 5.82 Å². The molecule has 3 aromatic rings. The van der Waals surface area contributed by atoms with Crippen molar-refractivity contribution in [2.24, 2.45) is 0 Å². The van der Waals surface area contributed by atoms with E-state index in [9.17, 15) is 13.2 Å². The summed E-state index contributed by atoms with van der Waals surface area (Å²) in [6, 6.07) is 10.6. The molecule has 4 rings (SSSR count). The van der Waals surface area contributed by atoms with Crippen LogP contribution in [0.3, 0.4) is 0 Å². The largest absolute Gasteiger partial charge is 0.348 e. The van der Waals surface area contributed by atoms with E-state index in [0.29, 0.717) is 36.6 Å². The summed E-state index contributed by atoms with van der Waals surface area (Å²) < 4.78 is 26.7. The third-order valence-corrected chi connectivity index (χ3v) is 5.80. The number of hydrogen-bond donors (Lipinski definition) is 1. The molecule has 144 valence electrons. The lowest BCUT2D eigenvalue weighted by atomic mass is 10.1. The first-order valence-corrected chi connectivity index (χ1v) is 10.6. The van der Waals surface area contributed by atoms with Crippen LogP contribution in [0, 0.1) is 0 Å². The SMILES string of the molecule is CS(=O)(=O)N1CCc2cc(C(=O)NCc3cccnc3-n3cccn3)ccc21. The van der Waals surface area contributed by atoms with E-state index in [2.05, 4.69) is 15.4 Å². The van der Waals surface area contributed by atoms with Gasteiger partial charge in [-0.05, 0) is 42.3 Å². The second kappa shape index (κ2) is 7.08. The maximum Gasteiger partial charge on any atom is 0.251 e. The zero-order valence-electron chi connectivity index (χ0n) is 15.2. The first-order chi connectivity index (χ1) is 13.4. The van der Waals surface area contributed by atoms with Crippen molar-refractivity contribution in [1.82, 2.24) is 20.1 Å². The molecule has 1 amide bonds. The highest BCUT2D eigenvalue weighted by atomic mass is 32.2. The van der Waals surface area contributed by atoms with E-state index in [1.54, 1.807) is 47.5 Å². The molecule has 0 radical (unpaired) electrons. The van der Waals surface area contributed by atoms with Crippen LogP contribution in [0.1, 0.15) is 21.5 Å². The molecule has 0 atom stereocenters. The molecule has 0 bridgehead atoms. The molecule has 9 heteroatoms. The molecule has 1 N–H and O–H groups in total. The number of anilines is 1. The average Bonchev–Trinajstić information content (AvgIpc) is 3.35. The number of carbonyl (C=O) groups excluding carboxylic acids is 1. The first kappa shape index (κ1) is 18.2. The Hall–Kier alpha value is -3.20. The van der Waals surface area contributed by atoms with Gasteiger partial charge in [0.15, 0.2) is 5.82 Å². The highest BCUT2D eigenvalue weighted by Crippen LogP contribution is 2.30. The number of sulfonamides is 1. The van der Waals surface area contributed by atoms with E-state index in [-0.39, 0.29) is 5.91 Å². The monoisotopic (exact) mass is 397 g/mol. The maximum atomic E-state index is 12.6. The Balaban J connectivity index is 1.51. The minimum atomic E-state index is -3.30. The molecule has 3 heterocycles. The Morgan fingerprint density at radius 2 is 2.07 bits per heavy atom. The van der Waals surface area contributed by atoms with E-state index < -0.39 is 10.0 Å². The van der Waals surface area contributed by atoms with Crippen molar-refractivity contribution in [2.45, 2.75) is 13.0 Å². The number of carbonyl (C=O) groups is 1. The van der Waals surface area contributed by atoms with E-state index in [1.807, 2.05) is 12.1 Å². The Labute approximate surface area is 162 Å². The quantitative estimate of drug-likeness (QED) is 0.704. The van der Waals surface area contributed by atoms with Crippen molar-refractivity contribution in [3.05, 3.63) is 71.7 Å². The summed E-state index contributed by atoms with van der Waals surface area (Å²) in [6.07, 6.45) is 6.92. The van der Waals surface area contributed by atoms with Gasteiger partial charge in [0.2, 0.25) is 10.0 Å². The van der Waals surface area contributed by atoms with Gasteiger partial charge in [-0.3, -0.25) is 9.10 Å².